The van der Waals surface area contributed by atoms with Gasteiger partial charge < -0.3 is 0 Å². The molecule has 0 unspecified atom stereocenters. The fourth-order valence-corrected chi connectivity index (χ4v) is 5.60. The number of anilines is 2. The third-order valence-corrected chi connectivity index (χ3v) is 7.26. The summed E-state index contributed by atoms with van der Waals surface area (Å²) in [5.41, 5.74) is 1.13. The van der Waals surface area contributed by atoms with E-state index in [4.69, 9.17) is 28.0 Å². The molecule has 0 aromatic heterocycles. The van der Waals surface area contributed by atoms with Crippen LogP contribution < -0.4 is 9.96 Å². The van der Waals surface area contributed by atoms with Crippen molar-refractivity contribution in [3.63, 3.8) is 0 Å². The van der Waals surface area contributed by atoms with Gasteiger partial charge in [-0.2, -0.15) is 0 Å². The highest BCUT2D eigenvalue weighted by molar-refractivity contribution is 6.35. The van der Waals surface area contributed by atoms with E-state index >= 15 is 0 Å². The van der Waals surface area contributed by atoms with Crippen molar-refractivity contribution in [2.24, 2.45) is 5.92 Å². The number of nitro groups is 1. The summed E-state index contributed by atoms with van der Waals surface area (Å²) in [4.78, 5) is 45.8. The van der Waals surface area contributed by atoms with E-state index in [2.05, 4.69) is 0 Å². The van der Waals surface area contributed by atoms with Gasteiger partial charge in [-0.05, 0) is 35.2 Å². The second-order valence-electron chi connectivity index (χ2n) is 8.78. The third-order valence-electron chi connectivity index (χ3n) is 6.70. The van der Waals surface area contributed by atoms with Crippen LogP contribution in [-0.4, -0.2) is 22.8 Å². The van der Waals surface area contributed by atoms with Crippen molar-refractivity contribution in [2.45, 2.75) is 12.1 Å². The topological polar surface area (TPSA) is 93.0 Å². The van der Waals surface area contributed by atoms with E-state index in [0.717, 1.165) is 10.8 Å². The number of benzene rings is 4. The average molecular weight is 534 g/mol. The monoisotopic (exact) mass is 533 g/mol. The Morgan fingerprint density at radius 2 is 1.62 bits per heavy atom. The van der Waals surface area contributed by atoms with E-state index in [1.54, 1.807) is 36.4 Å². The summed E-state index contributed by atoms with van der Waals surface area (Å²) >= 11 is 12.7. The molecule has 2 fully saturated rings. The normalized spacial score (nSPS) is 21.1. The lowest BCUT2D eigenvalue weighted by Gasteiger charge is -2.29. The molecule has 4 aromatic carbocycles. The van der Waals surface area contributed by atoms with Gasteiger partial charge in [-0.15, -0.1) is 0 Å². The van der Waals surface area contributed by atoms with Crippen molar-refractivity contribution in [2.75, 3.05) is 9.96 Å². The molecule has 0 N–H and O–H groups in total. The maximum Gasteiger partial charge on any atom is 0.271 e. The van der Waals surface area contributed by atoms with Crippen molar-refractivity contribution in [1.82, 2.24) is 0 Å². The molecule has 0 saturated carbocycles. The largest absolute Gasteiger partial charge is 0.273 e. The smallest absolute Gasteiger partial charge is 0.271 e. The Kier molecular flexibility index (Phi) is 5.60. The quantitative estimate of drug-likeness (QED) is 0.178. The van der Waals surface area contributed by atoms with Crippen molar-refractivity contribution in [1.29, 1.82) is 0 Å². The van der Waals surface area contributed by atoms with E-state index in [9.17, 15) is 19.7 Å². The van der Waals surface area contributed by atoms with Crippen LogP contribution >= 0.6 is 23.2 Å². The second-order valence-corrected chi connectivity index (χ2v) is 9.62. The summed E-state index contributed by atoms with van der Waals surface area (Å²) in [6.45, 7) is 0. The highest BCUT2D eigenvalue weighted by Gasteiger charge is 2.60. The number of hydrogen-bond acceptors (Lipinski definition) is 6. The number of rotatable bonds is 4. The molecule has 0 aliphatic carbocycles. The van der Waals surface area contributed by atoms with Crippen LogP contribution in [-0.2, 0) is 14.4 Å². The molecule has 4 aromatic rings. The first-order valence-corrected chi connectivity index (χ1v) is 12.1. The number of hydrogen-bond donors (Lipinski definition) is 0. The lowest BCUT2D eigenvalue weighted by atomic mass is 9.90. The zero-order valence-corrected chi connectivity index (χ0v) is 20.5. The highest BCUT2D eigenvalue weighted by atomic mass is 35.5. The molecule has 184 valence electrons. The van der Waals surface area contributed by atoms with Crippen molar-refractivity contribution in [3.05, 3.63) is 111 Å². The molecule has 2 amide bonds. The predicted molar refractivity (Wildman–Crippen MR) is 140 cm³/mol. The summed E-state index contributed by atoms with van der Waals surface area (Å²) in [6.07, 6.45) is -1.15. The van der Waals surface area contributed by atoms with Crippen LogP contribution in [0.2, 0.25) is 10.0 Å². The molecule has 6 rings (SSSR count). The van der Waals surface area contributed by atoms with Gasteiger partial charge in [0, 0.05) is 27.6 Å². The van der Waals surface area contributed by atoms with Gasteiger partial charge in [-0.3, -0.25) is 24.5 Å². The Hall–Kier alpha value is -3.98. The second kappa shape index (κ2) is 8.85. The van der Waals surface area contributed by atoms with Gasteiger partial charge in [-0.1, -0.05) is 71.7 Å². The number of carbonyl (C=O) groups excluding carboxylic acids is 2. The van der Waals surface area contributed by atoms with E-state index in [1.165, 1.54) is 28.2 Å². The minimum Gasteiger partial charge on any atom is -0.273 e. The van der Waals surface area contributed by atoms with E-state index in [1.807, 2.05) is 30.3 Å². The summed E-state index contributed by atoms with van der Waals surface area (Å²) in [5.74, 6) is -1.92. The average Bonchev–Trinajstić information content (AvgIpc) is 3.39. The summed E-state index contributed by atoms with van der Waals surface area (Å²) in [7, 11) is 0. The Bertz CT molecular complexity index is 1610. The molecule has 0 spiro atoms. The number of amides is 2. The number of non-ortho nitro benzene ring substituents is 1. The minimum absolute atomic E-state index is 0.158. The lowest BCUT2D eigenvalue weighted by Crippen LogP contribution is -2.37. The maximum absolute atomic E-state index is 14.0. The molecular formula is C27H17Cl2N3O5. The zero-order chi connectivity index (χ0) is 25.8. The van der Waals surface area contributed by atoms with Gasteiger partial charge in [-0.25, -0.2) is 9.96 Å². The predicted octanol–water partition coefficient (Wildman–Crippen LogP) is 6.11. The number of fused-ring (bicyclic) bond motifs is 2. The van der Waals surface area contributed by atoms with Crippen molar-refractivity contribution >= 4 is 62.9 Å². The van der Waals surface area contributed by atoms with Gasteiger partial charge in [0.15, 0.2) is 6.10 Å². The van der Waals surface area contributed by atoms with Crippen LogP contribution in [0.5, 0.6) is 0 Å². The van der Waals surface area contributed by atoms with Gasteiger partial charge in [0.2, 0.25) is 5.91 Å². The van der Waals surface area contributed by atoms with Gasteiger partial charge in [0.1, 0.15) is 5.92 Å². The highest BCUT2D eigenvalue weighted by Crippen LogP contribution is 2.50. The van der Waals surface area contributed by atoms with Crippen molar-refractivity contribution in [3.8, 4) is 0 Å². The molecule has 2 heterocycles. The Balaban J connectivity index is 1.49. The van der Waals surface area contributed by atoms with Crippen LogP contribution in [0.3, 0.4) is 0 Å². The van der Waals surface area contributed by atoms with E-state index in [-0.39, 0.29) is 10.7 Å². The number of imide groups is 1. The molecule has 0 bridgehead atoms. The van der Waals surface area contributed by atoms with Crippen LogP contribution in [0.4, 0.5) is 17.1 Å². The molecule has 2 aliphatic heterocycles. The van der Waals surface area contributed by atoms with Crippen LogP contribution in [0, 0.1) is 16.0 Å². The molecule has 10 heteroatoms. The number of halogens is 2. The molecular weight excluding hydrogens is 517 g/mol. The fraction of sp³-hybridized carbons (Fsp3) is 0.111. The van der Waals surface area contributed by atoms with Gasteiger partial charge in [0.25, 0.3) is 11.6 Å². The first kappa shape index (κ1) is 23.4. The van der Waals surface area contributed by atoms with Crippen LogP contribution in [0.1, 0.15) is 11.6 Å². The van der Waals surface area contributed by atoms with Crippen LogP contribution in [0.15, 0.2) is 84.9 Å². The third kappa shape index (κ3) is 3.72. The number of hydroxylamine groups is 1. The number of nitrogens with zero attached hydrogens (tertiary/aromatic N) is 3. The molecule has 37 heavy (non-hydrogen) atoms. The Morgan fingerprint density at radius 1 is 0.865 bits per heavy atom. The molecule has 3 atom stereocenters. The Labute approximate surface area is 220 Å². The standard InChI is InChI=1S/C27H17Cl2N3O5/c28-16-11-12-20(21(29)13-16)24-23-25(37-31(24)17-7-4-8-18(14-17)32(35)36)27(34)30(26(23)33)22-10-3-6-15-5-1-2-9-19(15)22/h1-14,23-25H/t23-,24-,25+/m0/s1. The summed E-state index contributed by atoms with van der Waals surface area (Å²) in [6, 6.07) is 22.7. The van der Waals surface area contributed by atoms with Crippen molar-refractivity contribution < 1.29 is 19.3 Å². The summed E-state index contributed by atoms with van der Waals surface area (Å²) in [5, 5.41) is 15.1. The van der Waals surface area contributed by atoms with Crippen LogP contribution in [0.25, 0.3) is 10.8 Å². The lowest BCUT2D eigenvalue weighted by molar-refractivity contribution is -0.384. The first-order valence-electron chi connectivity index (χ1n) is 11.4. The number of nitro benzene ring substituents is 1. The van der Waals surface area contributed by atoms with Gasteiger partial charge >= 0.3 is 0 Å². The fourth-order valence-electron chi connectivity index (χ4n) is 5.08. The molecule has 0 radical (unpaired) electrons. The molecule has 2 saturated heterocycles. The zero-order valence-electron chi connectivity index (χ0n) is 19.0. The summed E-state index contributed by atoms with van der Waals surface area (Å²) < 4.78 is 0. The van der Waals surface area contributed by atoms with Gasteiger partial charge in [0.05, 0.1) is 22.3 Å². The SMILES string of the molecule is O=C1[C@@H]2[C@@H](ON(c3cccc([N+](=O)[O-])c3)[C@H]2c2ccc(Cl)cc2Cl)C(=O)N1c1cccc2ccccc12. The number of carbonyl (C=O) groups is 2. The molecule has 8 nitrogen and oxygen atoms in total. The Morgan fingerprint density at radius 3 is 2.41 bits per heavy atom. The van der Waals surface area contributed by atoms with E-state index < -0.39 is 34.8 Å². The van der Waals surface area contributed by atoms with E-state index in [0.29, 0.717) is 22.0 Å². The maximum atomic E-state index is 14.0. The minimum atomic E-state index is -1.15. The molecule has 2 aliphatic rings. The first-order chi connectivity index (χ1) is 17.8.